The Hall–Kier alpha value is -2.83. The van der Waals surface area contributed by atoms with Crippen LogP contribution in [0.1, 0.15) is 23.1 Å². The number of alkyl halides is 6. The van der Waals surface area contributed by atoms with Crippen LogP contribution in [0.4, 0.5) is 26.3 Å². The third-order valence-corrected chi connectivity index (χ3v) is 6.24. The molecule has 1 aromatic carbocycles. The van der Waals surface area contributed by atoms with E-state index in [0.717, 1.165) is 24.3 Å². The van der Waals surface area contributed by atoms with E-state index in [9.17, 15) is 39.6 Å². The van der Waals surface area contributed by atoms with E-state index in [-0.39, 0.29) is 31.1 Å². The minimum Gasteiger partial charge on any atom is -0.439 e. The van der Waals surface area contributed by atoms with Crippen LogP contribution in [-0.4, -0.2) is 42.0 Å². The van der Waals surface area contributed by atoms with E-state index in [1.165, 1.54) is 11.1 Å². The first-order valence-corrected chi connectivity index (χ1v) is 10.8. The Morgan fingerprint density at radius 2 is 1.72 bits per heavy atom. The SMILES string of the molecule is O=C(CCS(=O)(=O)C(F)(F)F)N1CCc2c(ccnc2Oc2ccc(C(F)(F)F)cc2)C1. The van der Waals surface area contributed by atoms with Gasteiger partial charge in [-0.05, 0) is 42.3 Å². The highest BCUT2D eigenvalue weighted by atomic mass is 32.2. The summed E-state index contributed by atoms with van der Waals surface area (Å²) in [4.78, 5) is 17.5. The lowest BCUT2D eigenvalue weighted by molar-refractivity contribution is -0.137. The summed E-state index contributed by atoms with van der Waals surface area (Å²) in [6.45, 7) is 0.0963. The van der Waals surface area contributed by atoms with Crippen molar-refractivity contribution in [3.63, 3.8) is 0 Å². The molecule has 2 aromatic rings. The van der Waals surface area contributed by atoms with Gasteiger partial charge in [-0.3, -0.25) is 4.79 Å². The maximum absolute atomic E-state index is 12.7. The highest BCUT2D eigenvalue weighted by Crippen LogP contribution is 2.33. The quantitative estimate of drug-likeness (QED) is 0.600. The summed E-state index contributed by atoms with van der Waals surface area (Å²) < 4.78 is 103. The van der Waals surface area contributed by atoms with Gasteiger partial charge in [-0.1, -0.05) is 0 Å². The molecule has 174 valence electrons. The van der Waals surface area contributed by atoms with Crippen molar-refractivity contribution in [2.24, 2.45) is 0 Å². The number of benzene rings is 1. The molecule has 3 rings (SSSR count). The van der Waals surface area contributed by atoms with E-state index in [4.69, 9.17) is 4.74 Å². The Balaban J connectivity index is 1.68. The fraction of sp³-hybridized carbons (Fsp3) is 0.368. The molecule has 0 fully saturated rings. The van der Waals surface area contributed by atoms with Gasteiger partial charge in [0, 0.05) is 31.3 Å². The fourth-order valence-corrected chi connectivity index (χ4v) is 3.75. The van der Waals surface area contributed by atoms with Gasteiger partial charge in [0.2, 0.25) is 21.6 Å². The third-order valence-electron chi connectivity index (χ3n) is 4.79. The first-order chi connectivity index (χ1) is 14.8. The Labute approximate surface area is 178 Å². The molecule has 0 N–H and O–H groups in total. The summed E-state index contributed by atoms with van der Waals surface area (Å²) in [6, 6.07) is 5.58. The van der Waals surface area contributed by atoms with E-state index in [2.05, 4.69) is 4.98 Å². The lowest BCUT2D eigenvalue weighted by Gasteiger charge is -2.29. The predicted octanol–water partition coefficient (Wildman–Crippen LogP) is 4.10. The summed E-state index contributed by atoms with van der Waals surface area (Å²) in [6.07, 6.45) is -3.72. The normalized spacial score (nSPS) is 14.8. The van der Waals surface area contributed by atoms with Crippen LogP contribution in [0.5, 0.6) is 11.6 Å². The number of ether oxygens (including phenoxy) is 1. The number of halogens is 6. The minimum atomic E-state index is -5.42. The van der Waals surface area contributed by atoms with E-state index in [1.807, 2.05) is 0 Å². The molecular formula is C19H16F6N2O4S. The topological polar surface area (TPSA) is 76.6 Å². The number of sulfone groups is 1. The summed E-state index contributed by atoms with van der Waals surface area (Å²) in [7, 11) is -5.39. The van der Waals surface area contributed by atoms with Gasteiger partial charge in [-0.25, -0.2) is 13.4 Å². The summed E-state index contributed by atoms with van der Waals surface area (Å²) >= 11 is 0. The van der Waals surface area contributed by atoms with Gasteiger partial charge in [-0.15, -0.1) is 0 Å². The number of aromatic nitrogens is 1. The monoisotopic (exact) mass is 482 g/mol. The largest absolute Gasteiger partial charge is 0.497 e. The van der Waals surface area contributed by atoms with Gasteiger partial charge in [0.1, 0.15) is 5.75 Å². The van der Waals surface area contributed by atoms with Crippen molar-refractivity contribution in [2.45, 2.75) is 31.1 Å². The van der Waals surface area contributed by atoms with Crippen molar-refractivity contribution in [1.29, 1.82) is 0 Å². The number of carbonyl (C=O) groups excluding carboxylic acids is 1. The highest BCUT2D eigenvalue weighted by molar-refractivity contribution is 7.92. The van der Waals surface area contributed by atoms with Gasteiger partial charge >= 0.3 is 11.7 Å². The molecule has 32 heavy (non-hydrogen) atoms. The molecule has 13 heteroatoms. The molecule has 0 aliphatic carbocycles. The number of pyridine rings is 1. The zero-order chi connectivity index (χ0) is 23.7. The van der Waals surface area contributed by atoms with Crippen molar-refractivity contribution in [3.05, 3.63) is 53.2 Å². The van der Waals surface area contributed by atoms with Gasteiger partial charge in [0.05, 0.1) is 11.3 Å². The fourth-order valence-electron chi connectivity index (χ4n) is 3.08. The van der Waals surface area contributed by atoms with Crippen molar-refractivity contribution in [1.82, 2.24) is 9.88 Å². The van der Waals surface area contributed by atoms with Crippen LogP contribution in [0.2, 0.25) is 0 Å². The third kappa shape index (κ3) is 5.31. The van der Waals surface area contributed by atoms with Gasteiger partial charge < -0.3 is 9.64 Å². The molecule has 0 spiro atoms. The molecule has 0 atom stereocenters. The van der Waals surface area contributed by atoms with Crippen LogP contribution in [-0.2, 0) is 33.8 Å². The lowest BCUT2D eigenvalue weighted by atomic mass is 10.0. The first kappa shape index (κ1) is 23.8. The zero-order valence-electron chi connectivity index (χ0n) is 16.2. The molecule has 1 aromatic heterocycles. The molecule has 2 heterocycles. The molecule has 0 radical (unpaired) electrons. The van der Waals surface area contributed by atoms with Gasteiger partial charge in [0.25, 0.3) is 0 Å². The Kier molecular flexibility index (Phi) is 6.40. The molecule has 0 bridgehead atoms. The predicted molar refractivity (Wildman–Crippen MR) is 99.3 cm³/mol. The minimum absolute atomic E-state index is 0.00608. The number of carbonyl (C=O) groups is 1. The van der Waals surface area contributed by atoms with E-state index < -0.39 is 45.2 Å². The molecule has 1 aliphatic rings. The Bertz CT molecular complexity index is 1100. The van der Waals surface area contributed by atoms with Gasteiger partial charge in [0.15, 0.2) is 0 Å². The van der Waals surface area contributed by atoms with Crippen LogP contribution in [0, 0.1) is 0 Å². The van der Waals surface area contributed by atoms with Crippen molar-refractivity contribution < 1.29 is 44.3 Å². The van der Waals surface area contributed by atoms with Crippen molar-refractivity contribution in [2.75, 3.05) is 12.3 Å². The van der Waals surface area contributed by atoms with Crippen LogP contribution in [0.25, 0.3) is 0 Å². The van der Waals surface area contributed by atoms with Gasteiger partial charge in [-0.2, -0.15) is 26.3 Å². The second-order valence-electron chi connectivity index (χ2n) is 6.96. The van der Waals surface area contributed by atoms with Crippen LogP contribution in [0.15, 0.2) is 36.5 Å². The lowest BCUT2D eigenvalue weighted by Crippen LogP contribution is -2.38. The first-order valence-electron chi connectivity index (χ1n) is 9.16. The van der Waals surface area contributed by atoms with Crippen LogP contribution in [0.3, 0.4) is 0 Å². The second kappa shape index (κ2) is 8.60. The molecule has 1 amide bonds. The average molecular weight is 482 g/mol. The van der Waals surface area contributed by atoms with E-state index in [0.29, 0.717) is 11.1 Å². The number of nitrogens with zero attached hydrogens (tertiary/aromatic N) is 2. The van der Waals surface area contributed by atoms with Crippen molar-refractivity contribution >= 4 is 15.7 Å². The number of rotatable bonds is 5. The van der Waals surface area contributed by atoms with E-state index in [1.54, 1.807) is 6.07 Å². The average Bonchev–Trinajstić information content (AvgIpc) is 2.71. The second-order valence-corrected chi connectivity index (χ2v) is 9.06. The smallest absolute Gasteiger partial charge is 0.439 e. The van der Waals surface area contributed by atoms with E-state index >= 15 is 0 Å². The summed E-state index contributed by atoms with van der Waals surface area (Å²) in [5, 5.41) is 0. The zero-order valence-corrected chi connectivity index (χ0v) is 17.0. The Morgan fingerprint density at radius 1 is 1.06 bits per heavy atom. The van der Waals surface area contributed by atoms with Crippen LogP contribution < -0.4 is 4.74 Å². The molecule has 0 saturated carbocycles. The summed E-state index contributed by atoms with van der Waals surface area (Å²) in [5.41, 5.74) is -5.08. The number of amides is 1. The number of fused-ring (bicyclic) bond motifs is 1. The van der Waals surface area contributed by atoms with Crippen LogP contribution >= 0.6 is 0 Å². The maximum Gasteiger partial charge on any atom is 0.497 e. The molecule has 0 unspecified atom stereocenters. The van der Waals surface area contributed by atoms with Crippen molar-refractivity contribution in [3.8, 4) is 11.6 Å². The molecule has 1 aliphatic heterocycles. The molecule has 0 saturated heterocycles. The highest BCUT2D eigenvalue weighted by Gasteiger charge is 2.45. The Morgan fingerprint density at radius 3 is 2.31 bits per heavy atom. The molecular weight excluding hydrogens is 466 g/mol. The summed E-state index contributed by atoms with van der Waals surface area (Å²) in [5.74, 6) is -1.83. The molecule has 6 nitrogen and oxygen atoms in total. The number of hydrogen-bond donors (Lipinski definition) is 0. The number of hydrogen-bond acceptors (Lipinski definition) is 5. The standard InChI is InChI=1S/C19H16F6N2O4S/c20-18(21,22)13-1-3-14(4-2-13)31-17-15-6-9-27(11-12(15)5-8-26-17)16(28)7-10-32(29,30)19(23,24)25/h1-5,8H,6-7,9-11H2. The maximum atomic E-state index is 12.7.